The third-order valence-electron chi connectivity index (χ3n) is 4.93. The van der Waals surface area contributed by atoms with E-state index in [2.05, 4.69) is 10.2 Å². The second kappa shape index (κ2) is 6.97. The number of hydrogen-bond acceptors (Lipinski definition) is 5. The number of hydrogen-bond donors (Lipinski definition) is 1. The average Bonchev–Trinajstić information content (AvgIpc) is 3.04. The Morgan fingerprint density at radius 2 is 1.92 bits per heavy atom. The van der Waals surface area contributed by atoms with E-state index in [0.717, 1.165) is 35.0 Å². The van der Waals surface area contributed by atoms with Crippen molar-refractivity contribution in [2.24, 2.45) is 0 Å². The van der Waals surface area contributed by atoms with Gasteiger partial charge in [-0.25, -0.2) is 0 Å². The summed E-state index contributed by atoms with van der Waals surface area (Å²) >= 11 is 0. The lowest BCUT2D eigenvalue weighted by molar-refractivity contribution is -0.122. The smallest absolute Gasteiger partial charge is 0.241 e. The van der Waals surface area contributed by atoms with Gasteiger partial charge in [0.2, 0.25) is 5.91 Å². The number of nitrogens with zero attached hydrogens (tertiary/aromatic N) is 1. The molecule has 0 unspecified atom stereocenters. The molecule has 2 heterocycles. The topological polar surface area (TPSA) is 63.9 Å². The van der Waals surface area contributed by atoms with E-state index in [9.17, 15) is 4.79 Å². The fourth-order valence-corrected chi connectivity index (χ4v) is 3.39. The highest BCUT2D eigenvalue weighted by Gasteiger charge is 2.24. The summed E-state index contributed by atoms with van der Waals surface area (Å²) in [5, 5.41) is 4.99. The van der Waals surface area contributed by atoms with Crippen molar-refractivity contribution in [1.82, 2.24) is 4.90 Å². The summed E-state index contributed by atoms with van der Waals surface area (Å²) in [6.07, 6.45) is 0. The Balaban J connectivity index is 1.64. The number of furan rings is 1. The zero-order valence-electron chi connectivity index (χ0n) is 15.0. The first-order valence-corrected chi connectivity index (χ1v) is 8.79. The molecule has 0 radical (unpaired) electrons. The molecule has 4 rings (SSSR count). The lowest BCUT2D eigenvalue weighted by atomic mass is 10.1. The van der Waals surface area contributed by atoms with Gasteiger partial charge in [-0.15, -0.1) is 0 Å². The van der Waals surface area contributed by atoms with Gasteiger partial charge in [-0.05, 0) is 19.1 Å². The van der Waals surface area contributed by atoms with E-state index in [0.29, 0.717) is 24.7 Å². The number of fused-ring (bicyclic) bond motifs is 3. The third kappa shape index (κ3) is 3.02. The molecule has 1 aliphatic heterocycles. The van der Waals surface area contributed by atoms with Crippen molar-refractivity contribution >= 4 is 33.5 Å². The molecular formula is C20H22N2O4. The number of nitrogens with one attached hydrogen (secondary N) is 1. The predicted octanol–water partition coefficient (Wildman–Crippen LogP) is 3.25. The summed E-state index contributed by atoms with van der Waals surface area (Å²) in [5.74, 6) is 0.548. The summed E-state index contributed by atoms with van der Waals surface area (Å²) in [6, 6.07) is 11.4. The maximum Gasteiger partial charge on any atom is 0.241 e. The molecule has 2 aromatic carbocycles. The maximum absolute atomic E-state index is 12.7. The zero-order valence-corrected chi connectivity index (χ0v) is 15.0. The van der Waals surface area contributed by atoms with Gasteiger partial charge < -0.3 is 19.2 Å². The second-order valence-corrected chi connectivity index (χ2v) is 6.46. The minimum absolute atomic E-state index is 0.0688. The van der Waals surface area contributed by atoms with Crippen molar-refractivity contribution in [2.75, 3.05) is 38.7 Å². The predicted molar refractivity (Wildman–Crippen MR) is 101 cm³/mol. The lowest BCUT2D eigenvalue weighted by Gasteiger charge is -2.31. The molecule has 3 aromatic rings. The van der Waals surface area contributed by atoms with E-state index >= 15 is 0 Å². The van der Waals surface area contributed by atoms with Gasteiger partial charge >= 0.3 is 0 Å². The first kappa shape index (κ1) is 16.9. The molecule has 1 amide bonds. The minimum atomic E-state index is -0.241. The van der Waals surface area contributed by atoms with Gasteiger partial charge in [0.15, 0.2) is 0 Å². The summed E-state index contributed by atoms with van der Waals surface area (Å²) in [7, 11) is 1.60. The van der Waals surface area contributed by atoms with Crippen LogP contribution in [-0.2, 0) is 9.53 Å². The monoisotopic (exact) mass is 354 g/mol. The number of ether oxygens (including phenoxy) is 2. The first-order valence-electron chi connectivity index (χ1n) is 8.79. The van der Waals surface area contributed by atoms with Crippen molar-refractivity contribution in [2.45, 2.75) is 13.0 Å². The van der Waals surface area contributed by atoms with Crippen LogP contribution in [0.25, 0.3) is 21.9 Å². The molecule has 1 aliphatic rings. The molecule has 6 nitrogen and oxygen atoms in total. The highest BCUT2D eigenvalue weighted by molar-refractivity contribution is 6.08. The molecule has 1 N–H and O–H groups in total. The average molecular weight is 354 g/mol. The van der Waals surface area contributed by atoms with Crippen LogP contribution >= 0.6 is 0 Å². The molecule has 0 spiro atoms. The summed E-state index contributed by atoms with van der Waals surface area (Å²) < 4.78 is 16.8. The van der Waals surface area contributed by atoms with Crippen molar-refractivity contribution in [3.63, 3.8) is 0 Å². The van der Waals surface area contributed by atoms with Crippen LogP contribution in [0.2, 0.25) is 0 Å². The van der Waals surface area contributed by atoms with Crippen LogP contribution in [0.15, 0.2) is 40.8 Å². The van der Waals surface area contributed by atoms with Crippen molar-refractivity contribution < 1.29 is 18.7 Å². The van der Waals surface area contributed by atoms with Crippen molar-refractivity contribution in [3.05, 3.63) is 36.4 Å². The van der Waals surface area contributed by atoms with E-state index in [1.807, 2.05) is 43.3 Å². The number of benzene rings is 2. The normalized spacial score (nSPS) is 16.7. The molecule has 1 fully saturated rings. The van der Waals surface area contributed by atoms with Crippen LogP contribution in [-0.4, -0.2) is 50.3 Å². The first-order chi connectivity index (χ1) is 12.7. The second-order valence-electron chi connectivity index (χ2n) is 6.46. The van der Waals surface area contributed by atoms with Gasteiger partial charge in [-0.2, -0.15) is 0 Å². The van der Waals surface area contributed by atoms with Crippen LogP contribution < -0.4 is 10.1 Å². The molecule has 0 saturated carbocycles. The standard InChI is InChI=1S/C20H22N2O4/c1-13(22-7-9-25-10-8-22)20(23)21-16-12-18-15(11-19(16)24-2)14-5-3-4-6-17(14)26-18/h3-6,11-13H,7-10H2,1-2H3,(H,21,23)/t13-/m1/s1. The van der Waals surface area contributed by atoms with Gasteiger partial charge in [0.05, 0.1) is 32.1 Å². The van der Waals surface area contributed by atoms with Crippen LogP contribution in [0, 0.1) is 0 Å². The third-order valence-corrected chi connectivity index (χ3v) is 4.93. The SMILES string of the molecule is COc1cc2c(cc1NC(=O)[C@@H](C)N1CCOCC1)oc1ccccc12. The highest BCUT2D eigenvalue weighted by Crippen LogP contribution is 2.36. The number of carbonyl (C=O) groups excluding carboxylic acids is 1. The van der Waals surface area contributed by atoms with Gasteiger partial charge in [0.25, 0.3) is 0 Å². The number of amides is 1. The Kier molecular flexibility index (Phi) is 4.53. The molecule has 1 saturated heterocycles. The zero-order chi connectivity index (χ0) is 18.1. The van der Waals surface area contributed by atoms with E-state index in [4.69, 9.17) is 13.9 Å². The Hall–Kier alpha value is -2.57. The summed E-state index contributed by atoms with van der Waals surface area (Å²) in [6.45, 7) is 4.74. The van der Waals surface area contributed by atoms with Crippen LogP contribution in [0.4, 0.5) is 5.69 Å². The fourth-order valence-electron chi connectivity index (χ4n) is 3.39. The molecule has 0 aliphatic carbocycles. The summed E-state index contributed by atoms with van der Waals surface area (Å²) in [4.78, 5) is 14.8. The number of para-hydroxylation sites is 1. The fraction of sp³-hybridized carbons (Fsp3) is 0.350. The van der Waals surface area contributed by atoms with E-state index in [-0.39, 0.29) is 11.9 Å². The molecule has 6 heteroatoms. The van der Waals surface area contributed by atoms with Gasteiger partial charge in [0.1, 0.15) is 16.9 Å². The number of rotatable bonds is 4. The van der Waals surface area contributed by atoms with Crippen LogP contribution in [0.3, 0.4) is 0 Å². The number of anilines is 1. The van der Waals surface area contributed by atoms with Gasteiger partial charge in [-0.3, -0.25) is 9.69 Å². The molecule has 0 bridgehead atoms. The lowest BCUT2D eigenvalue weighted by Crippen LogP contribution is -2.47. The molecular weight excluding hydrogens is 332 g/mol. The Morgan fingerprint density at radius 3 is 2.69 bits per heavy atom. The minimum Gasteiger partial charge on any atom is -0.495 e. The molecule has 26 heavy (non-hydrogen) atoms. The number of methoxy groups -OCH3 is 1. The van der Waals surface area contributed by atoms with Crippen LogP contribution in [0.1, 0.15) is 6.92 Å². The number of carbonyl (C=O) groups is 1. The maximum atomic E-state index is 12.7. The van der Waals surface area contributed by atoms with Gasteiger partial charge in [0, 0.05) is 29.9 Å². The Bertz CT molecular complexity index is 944. The summed E-state index contributed by atoms with van der Waals surface area (Å²) in [5.41, 5.74) is 2.15. The Labute approximate surface area is 151 Å². The van der Waals surface area contributed by atoms with E-state index in [1.165, 1.54) is 0 Å². The van der Waals surface area contributed by atoms with Gasteiger partial charge in [-0.1, -0.05) is 18.2 Å². The molecule has 136 valence electrons. The molecule has 1 atom stereocenters. The highest BCUT2D eigenvalue weighted by atomic mass is 16.5. The van der Waals surface area contributed by atoms with E-state index in [1.54, 1.807) is 7.11 Å². The number of morpholine rings is 1. The largest absolute Gasteiger partial charge is 0.495 e. The van der Waals surface area contributed by atoms with E-state index < -0.39 is 0 Å². The van der Waals surface area contributed by atoms with Crippen LogP contribution in [0.5, 0.6) is 5.75 Å². The Morgan fingerprint density at radius 1 is 1.15 bits per heavy atom. The van der Waals surface area contributed by atoms with Crippen molar-refractivity contribution in [1.29, 1.82) is 0 Å². The quantitative estimate of drug-likeness (QED) is 0.779. The van der Waals surface area contributed by atoms with Crippen molar-refractivity contribution in [3.8, 4) is 5.75 Å². The molecule has 1 aromatic heterocycles.